The van der Waals surface area contributed by atoms with Gasteiger partial charge in [-0.2, -0.15) is 5.10 Å². The monoisotopic (exact) mass is 376 g/mol. The van der Waals surface area contributed by atoms with Crippen molar-refractivity contribution in [3.63, 3.8) is 0 Å². The van der Waals surface area contributed by atoms with E-state index in [-0.39, 0.29) is 12.0 Å². The number of carbonyl (C=O) groups is 1. The number of hydrogen-bond donors (Lipinski definition) is 1. The van der Waals surface area contributed by atoms with Gasteiger partial charge in [0.15, 0.2) is 5.43 Å². The van der Waals surface area contributed by atoms with Gasteiger partial charge in [-0.05, 0) is 42.8 Å². The molecule has 0 bridgehead atoms. The zero-order valence-corrected chi connectivity index (χ0v) is 15.9. The summed E-state index contributed by atoms with van der Waals surface area (Å²) in [5.41, 5.74) is 3.65. The summed E-state index contributed by atoms with van der Waals surface area (Å²) in [5, 5.41) is 14.8. The summed E-state index contributed by atoms with van der Waals surface area (Å²) in [4.78, 5) is 26.8. The zero-order valence-electron chi connectivity index (χ0n) is 15.9. The number of aliphatic carboxylic acids is 1. The number of anilines is 1. The van der Waals surface area contributed by atoms with Crippen LogP contribution < -0.4 is 10.3 Å². The summed E-state index contributed by atoms with van der Waals surface area (Å²) < 4.78 is 3.39. The third kappa shape index (κ3) is 2.72. The molecule has 0 aliphatic heterocycles. The van der Waals surface area contributed by atoms with E-state index in [1.807, 2.05) is 50.2 Å². The van der Waals surface area contributed by atoms with Crippen molar-refractivity contribution in [2.24, 2.45) is 0 Å². The van der Waals surface area contributed by atoms with Gasteiger partial charge in [0.2, 0.25) is 0 Å². The molecule has 7 heteroatoms. The first-order valence-electron chi connectivity index (χ1n) is 8.87. The third-order valence-corrected chi connectivity index (χ3v) is 4.89. The van der Waals surface area contributed by atoms with Crippen LogP contribution >= 0.6 is 0 Å². The van der Waals surface area contributed by atoms with Crippen LogP contribution in [0.4, 0.5) is 5.69 Å². The molecule has 0 aliphatic carbocycles. The van der Waals surface area contributed by atoms with Gasteiger partial charge in [0, 0.05) is 37.3 Å². The van der Waals surface area contributed by atoms with Crippen LogP contribution in [0.15, 0.2) is 53.6 Å². The van der Waals surface area contributed by atoms with Crippen molar-refractivity contribution in [2.45, 2.75) is 13.5 Å². The number of hydrogen-bond acceptors (Lipinski definition) is 4. The molecule has 7 nitrogen and oxygen atoms in total. The molecule has 4 aromatic rings. The quantitative estimate of drug-likeness (QED) is 0.554. The first-order valence-corrected chi connectivity index (χ1v) is 8.87. The van der Waals surface area contributed by atoms with Crippen LogP contribution in [0, 0.1) is 6.92 Å². The first kappa shape index (κ1) is 17.8. The van der Waals surface area contributed by atoms with Crippen molar-refractivity contribution in [2.75, 3.05) is 19.0 Å². The molecule has 0 radical (unpaired) electrons. The maximum Gasteiger partial charge on any atom is 0.323 e. The van der Waals surface area contributed by atoms with E-state index in [0.29, 0.717) is 21.8 Å². The molecule has 0 atom stereocenters. The van der Waals surface area contributed by atoms with E-state index < -0.39 is 5.97 Å². The number of rotatable bonds is 4. The second kappa shape index (κ2) is 6.53. The van der Waals surface area contributed by atoms with Gasteiger partial charge in [-0.25, -0.2) is 4.68 Å². The van der Waals surface area contributed by atoms with E-state index in [1.54, 1.807) is 33.8 Å². The Hall–Kier alpha value is -3.61. The van der Waals surface area contributed by atoms with Gasteiger partial charge in [-0.3, -0.25) is 9.59 Å². The van der Waals surface area contributed by atoms with Gasteiger partial charge < -0.3 is 14.6 Å². The molecule has 4 rings (SSSR count). The molecule has 2 heterocycles. The molecule has 0 spiro atoms. The predicted octanol–water partition coefficient (Wildman–Crippen LogP) is 2.80. The van der Waals surface area contributed by atoms with E-state index in [2.05, 4.69) is 5.10 Å². The van der Waals surface area contributed by atoms with Gasteiger partial charge in [-0.15, -0.1) is 0 Å². The summed E-state index contributed by atoms with van der Waals surface area (Å²) in [6, 6.07) is 10.8. The average Bonchev–Trinajstić information content (AvgIpc) is 3.18. The number of aromatic nitrogens is 3. The molecule has 2 aromatic heterocycles. The lowest BCUT2D eigenvalue weighted by molar-refractivity contribution is -0.137. The normalized spacial score (nSPS) is 11.2. The number of carboxylic acids is 1. The Labute approximate surface area is 161 Å². The largest absolute Gasteiger partial charge is 0.480 e. The van der Waals surface area contributed by atoms with Gasteiger partial charge in [-0.1, -0.05) is 6.07 Å². The van der Waals surface area contributed by atoms with Crippen molar-refractivity contribution in [3.8, 4) is 5.69 Å². The van der Waals surface area contributed by atoms with Crippen molar-refractivity contribution in [3.05, 3.63) is 64.6 Å². The predicted molar refractivity (Wildman–Crippen MR) is 110 cm³/mol. The standard InChI is InChI=1S/C21H20N4O3/c1-13-5-7-16-20(19(13)23(2)3)24(12-18(26)27)17-11-14(25-10-4-9-22-25)6-8-15(17)21(16)28/h4-11H,12H2,1-3H3,(H,26,27). The van der Waals surface area contributed by atoms with Crippen molar-refractivity contribution < 1.29 is 9.90 Å². The average molecular weight is 376 g/mol. The fourth-order valence-electron chi connectivity index (χ4n) is 3.77. The van der Waals surface area contributed by atoms with E-state index in [1.165, 1.54) is 0 Å². The third-order valence-electron chi connectivity index (χ3n) is 4.89. The van der Waals surface area contributed by atoms with Gasteiger partial charge in [0.25, 0.3) is 0 Å². The van der Waals surface area contributed by atoms with E-state index >= 15 is 0 Å². The summed E-state index contributed by atoms with van der Waals surface area (Å²) in [6.07, 6.45) is 3.47. The maximum atomic E-state index is 13.2. The number of carboxylic acid groups (broad SMARTS) is 1. The molecular formula is C21H20N4O3. The Morgan fingerprint density at radius 1 is 1.18 bits per heavy atom. The van der Waals surface area contributed by atoms with Gasteiger partial charge in [0.05, 0.1) is 22.4 Å². The van der Waals surface area contributed by atoms with Crippen molar-refractivity contribution in [1.29, 1.82) is 0 Å². The molecule has 0 unspecified atom stereocenters. The molecule has 28 heavy (non-hydrogen) atoms. The SMILES string of the molecule is Cc1ccc2c(=O)c3ccc(-n4cccn4)cc3n(CC(=O)O)c2c1N(C)C. The number of fused-ring (bicyclic) bond motifs is 2. The van der Waals surface area contributed by atoms with Crippen LogP contribution in [-0.4, -0.2) is 39.5 Å². The van der Waals surface area contributed by atoms with Crippen LogP contribution in [0.3, 0.4) is 0 Å². The van der Waals surface area contributed by atoms with E-state index in [4.69, 9.17) is 0 Å². The lowest BCUT2D eigenvalue weighted by atomic mass is 10.0. The van der Waals surface area contributed by atoms with Crippen LogP contribution in [0.2, 0.25) is 0 Å². The molecule has 2 aromatic carbocycles. The molecule has 0 aliphatic rings. The molecule has 0 fully saturated rings. The number of benzene rings is 2. The second-order valence-electron chi connectivity index (χ2n) is 6.98. The second-order valence-corrected chi connectivity index (χ2v) is 6.98. The summed E-state index contributed by atoms with van der Waals surface area (Å²) >= 11 is 0. The zero-order chi connectivity index (χ0) is 20.0. The van der Waals surface area contributed by atoms with Gasteiger partial charge >= 0.3 is 5.97 Å². The lowest BCUT2D eigenvalue weighted by Crippen LogP contribution is -2.20. The minimum atomic E-state index is -0.970. The Morgan fingerprint density at radius 3 is 2.57 bits per heavy atom. The van der Waals surface area contributed by atoms with Crippen molar-refractivity contribution in [1.82, 2.24) is 14.3 Å². The molecule has 0 saturated carbocycles. The fraction of sp³-hybridized carbons (Fsp3) is 0.190. The molecule has 1 N–H and O–H groups in total. The number of aryl methyl sites for hydroxylation is 1. The highest BCUT2D eigenvalue weighted by molar-refractivity contribution is 6.01. The Balaban J connectivity index is 2.21. The summed E-state index contributed by atoms with van der Waals surface area (Å²) in [6.45, 7) is 1.70. The fourth-order valence-corrected chi connectivity index (χ4v) is 3.77. The molecular weight excluding hydrogens is 356 g/mol. The van der Waals surface area contributed by atoms with E-state index in [9.17, 15) is 14.7 Å². The molecule has 0 amide bonds. The van der Waals surface area contributed by atoms with Crippen molar-refractivity contribution >= 4 is 33.5 Å². The Morgan fingerprint density at radius 2 is 1.93 bits per heavy atom. The van der Waals surface area contributed by atoms with E-state index in [0.717, 1.165) is 16.9 Å². The Bertz CT molecular complexity index is 1270. The lowest BCUT2D eigenvalue weighted by Gasteiger charge is -2.23. The number of nitrogens with zero attached hydrogens (tertiary/aromatic N) is 4. The summed E-state index contributed by atoms with van der Waals surface area (Å²) in [5.74, 6) is -0.970. The number of pyridine rings is 1. The topological polar surface area (TPSA) is 80.4 Å². The smallest absolute Gasteiger partial charge is 0.323 e. The molecule has 142 valence electrons. The van der Waals surface area contributed by atoms with Crippen LogP contribution in [0.1, 0.15) is 5.56 Å². The molecule has 0 saturated heterocycles. The van der Waals surface area contributed by atoms with Crippen LogP contribution in [0.5, 0.6) is 0 Å². The minimum Gasteiger partial charge on any atom is -0.480 e. The van der Waals surface area contributed by atoms with Crippen LogP contribution in [0.25, 0.3) is 27.5 Å². The summed E-state index contributed by atoms with van der Waals surface area (Å²) in [7, 11) is 3.78. The highest BCUT2D eigenvalue weighted by Crippen LogP contribution is 2.31. The minimum absolute atomic E-state index is 0.109. The maximum absolute atomic E-state index is 13.2. The highest BCUT2D eigenvalue weighted by atomic mass is 16.4. The highest BCUT2D eigenvalue weighted by Gasteiger charge is 2.18. The van der Waals surface area contributed by atoms with Crippen LogP contribution in [-0.2, 0) is 11.3 Å². The Kier molecular flexibility index (Phi) is 4.15. The first-order chi connectivity index (χ1) is 13.4. The van der Waals surface area contributed by atoms with Gasteiger partial charge in [0.1, 0.15) is 6.54 Å².